The van der Waals surface area contributed by atoms with Crippen LogP contribution in [0.5, 0.6) is 0 Å². The van der Waals surface area contributed by atoms with Crippen molar-refractivity contribution >= 4 is 0 Å². The molecule has 18 heavy (non-hydrogen) atoms. The smallest absolute Gasteiger partial charge is 0.162 e. The van der Waals surface area contributed by atoms with Crippen LogP contribution in [-0.2, 0) is 13.0 Å². The Balaban J connectivity index is 2.33. The molecule has 0 bridgehead atoms. The lowest BCUT2D eigenvalue weighted by atomic mass is 10.1. The summed E-state index contributed by atoms with van der Waals surface area (Å²) in [5.41, 5.74) is 3.24. The number of hydrogen-bond acceptors (Lipinski definition) is 4. The molecule has 2 aromatic rings. The van der Waals surface area contributed by atoms with Crippen LogP contribution in [0.1, 0.15) is 30.9 Å². The van der Waals surface area contributed by atoms with Gasteiger partial charge in [-0.25, -0.2) is 9.97 Å². The zero-order chi connectivity index (χ0) is 13.0. The van der Waals surface area contributed by atoms with Crippen molar-refractivity contribution in [3.63, 3.8) is 0 Å². The van der Waals surface area contributed by atoms with E-state index in [0.29, 0.717) is 0 Å². The minimum absolute atomic E-state index is 0.748. The van der Waals surface area contributed by atoms with E-state index in [1.54, 1.807) is 6.26 Å². The van der Waals surface area contributed by atoms with Crippen molar-refractivity contribution in [3.05, 3.63) is 35.5 Å². The summed E-state index contributed by atoms with van der Waals surface area (Å²) in [4.78, 5) is 9.07. The average Bonchev–Trinajstić information content (AvgIpc) is 2.82. The van der Waals surface area contributed by atoms with Crippen LogP contribution in [-0.4, -0.2) is 16.5 Å². The predicted molar refractivity (Wildman–Crippen MR) is 71.2 cm³/mol. The molecule has 0 atom stereocenters. The van der Waals surface area contributed by atoms with Crippen LogP contribution in [0.15, 0.2) is 22.9 Å². The van der Waals surface area contributed by atoms with Gasteiger partial charge in [-0.05, 0) is 26.0 Å². The van der Waals surface area contributed by atoms with E-state index >= 15 is 0 Å². The van der Waals surface area contributed by atoms with E-state index in [-0.39, 0.29) is 0 Å². The van der Waals surface area contributed by atoms with E-state index in [0.717, 1.165) is 42.4 Å². The average molecular weight is 245 g/mol. The molecule has 0 aromatic carbocycles. The molecule has 2 aromatic heterocycles. The molecule has 4 heteroatoms. The number of aromatic nitrogens is 2. The maximum absolute atomic E-state index is 5.30. The van der Waals surface area contributed by atoms with Crippen LogP contribution in [0.3, 0.4) is 0 Å². The molecule has 1 N–H and O–H groups in total. The third-order valence-corrected chi connectivity index (χ3v) is 2.95. The maximum Gasteiger partial charge on any atom is 0.162 e. The monoisotopic (exact) mass is 245 g/mol. The Morgan fingerprint density at radius 1 is 1.33 bits per heavy atom. The summed E-state index contributed by atoms with van der Waals surface area (Å²) < 4.78 is 5.30. The lowest BCUT2D eigenvalue weighted by molar-refractivity contribution is 0.535. The van der Waals surface area contributed by atoms with Gasteiger partial charge in [-0.3, -0.25) is 0 Å². The van der Waals surface area contributed by atoms with Gasteiger partial charge in [0.2, 0.25) is 0 Å². The van der Waals surface area contributed by atoms with E-state index in [9.17, 15) is 0 Å². The van der Waals surface area contributed by atoms with Crippen molar-refractivity contribution in [1.82, 2.24) is 15.3 Å². The predicted octanol–water partition coefficient (Wildman–Crippen LogP) is 2.72. The molecule has 2 rings (SSSR count). The van der Waals surface area contributed by atoms with Crippen molar-refractivity contribution in [3.8, 4) is 11.4 Å². The number of aryl methyl sites for hydroxylation is 2. The van der Waals surface area contributed by atoms with Gasteiger partial charge in [-0.1, -0.05) is 13.8 Å². The highest BCUT2D eigenvalue weighted by molar-refractivity contribution is 5.57. The first-order valence-corrected chi connectivity index (χ1v) is 6.36. The van der Waals surface area contributed by atoms with Gasteiger partial charge >= 0.3 is 0 Å². The summed E-state index contributed by atoms with van der Waals surface area (Å²) in [5, 5.41) is 3.31. The Hall–Kier alpha value is -1.68. The first-order valence-electron chi connectivity index (χ1n) is 6.36. The van der Waals surface area contributed by atoms with E-state index in [2.05, 4.69) is 29.1 Å². The fourth-order valence-electron chi connectivity index (χ4n) is 1.90. The second kappa shape index (κ2) is 5.78. The zero-order valence-electron chi connectivity index (χ0n) is 11.2. The second-order valence-corrected chi connectivity index (χ2v) is 4.19. The van der Waals surface area contributed by atoms with Gasteiger partial charge in [0, 0.05) is 24.0 Å². The molecule has 2 heterocycles. The molecular formula is C14H19N3O. The maximum atomic E-state index is 5.30. The summed E-state index contributed by atoms with van der Waals surface area (Å²) in [6.07, 6.45) is 4.50. The number of nitrogens with zero attached hydrogens (tertiary/aromatic N) is 2. The van der Waals surface area contributed by atoms with E-state index in [1.165, 1.54) is 5.56 Å². The number of nitrogens with one attached hydrogen (secondary N) is 1. The topological polar surface area (TPSA) is 51.0 Å². The quantitative estimate of drug-likeness (QED) is 0.880. The fraction of sp³-hybridized carbons (Fsp3) is 0.429. The minimum atomic E-state index is 0.748. The van der Waals surface area contributed by atoms with Gasteiger partial charge in [-0.15, -0.1) is 0 Å². The highest BCUT2D eigenvalue weighted by atomic mass is 16.3. The van der Waals surface area contributed by atoms with Crippen molar-refractivity contribution in [2.45, 2.75) is 33.7 Å². The summed E-state index contributed by atoms with van der Waals surface area (Å²) in [6, 6.07) is 1.91. The molecular weight excluding hydrogens is 226 g/mol. The van der Waals surface area contributed by atoms with Crippen molar-refractivity contribution < 1.29 is 4.42 Å². The number of rotatable bonds is 5. The third-order valence-electron chi connectivity index (χ3n) is 2.95. The molecule has 0 radical (unpaired) electrons. The van der Waals surface area contributed by atoms with Gasteiger partial charge in [0.1, 0.15) is 5.76 Å². The molecule has 0 saturated heterocycles. The largest absolute Gasteiger partial charge is 0.469 e. The summed E-state index contributed by atoms with van der Waals surface area (Å²) in [5.74, 6) is 1.61. The van der Waals surface area contributed by atoms with Gasteiger partial charge in [0.15, 0.2) is 5.82 Å². The standard InChI is InChI=1S/C14H19N3O/c1-4-13-11(8-15-5-2)9-16-14(17-13)12-6-7-18-10(12)3/h6-7,9,15H,4-5,8H2,1-3H3. The first kappa shape index (κ1) is 12.8. The Bertz CT molecular complexity index is 520. The molecule has 0 aliphatic carbocycles. The van der Waals surface area contributed by atoms with E-state index < -0.39 is 0 Å². The summed E-state index contributed by atoms with van der Waals surface area (Å²) in [6.45, 7) is 7.91. The fourth-order valence-corrected chi connectivity index (χ4v) is 1.90. The van der Waals surface area contributed by atoms with Crippen LogP contribution >= 0.6 is 0 Å². The Kier molecular flexibility index (Phi) is 4.10. The molecule has 0 unspecified atom stereocenters. The lowest BCUT2D eigenvalue weighted by Gasteiger charge is -2.08. The first-order chi connectivity index (χ1) is 8.76. The Morgan fingerprint density at radius 3 is 2.78 bits per heavy atom. The van der Waals surface area contributed by atoms with Crippen molar-refractivity contribution in [1.29, 1.82) is 0 Å². The van der Waals surface area contributed by atoms with Crippen LogP contribution in [0.25, 0.3) is 11.4 Å². The molecule has 0 aliphatic rings. The van der Waals surface area contributed by atoms with E-state index in [1.807, 2.05) is 19.2 Å². The zero-order valence-corrected chi connectivity index (χ0v) is 11.2. The highest BCUT2D eigenvalue weighted by Gasteiger charge is 2.10. The highest BCUT2D eigenvalue weighted by Crippen LogP contribution is 2.21. The lowest BCUT2D eigenvalue weighted by Crippen LogP contribution is -2.14. The molecule has 96 valence electrons. The van der Waals surface area contributed by atoms with Crippen LogP contribution < -0.4 is 5.32 Å². The summed E-state index contributed by atoms with van der Waals surface area (Å²) >= 11 is 0. The Labute approximate surface area is 107 Å². The van der Waals surface area contributed by atoms with Crippen LogP contribution in [0.2, 0.25) is 0 Å². The molecule has 0 saturated carbocycles. The number of hydrogen-bond donors (Lipinski definition) is 1. The molecule has 4 nitrogen and oxygen atoms in total. The normalized spacial score (nSPS) is 10.8. The molecule has 0 fully saturated rings. The van der Waals surface area contributed by atoms with Crippen molar-refractivity contribution in [2.24, 2.45) is 0 Å². The summed E-state index contributed by atoms with van der Waals surface area (Å²) in [7, 11) is 0. The molecule has 0 spiro atoms. The van der Waals surface area contributed by atoms with Crippen LogP contribution in [0, 0.1) is 6.92 Å². The Morgan fingerprint density at radius 2 is 2.17 bits per heavy atom. The van der Waals surface area contributed by atoms with Crippen molar-refractivity contribution in [2.75, 3.05) is 6.54 Å². The number of furan rings is 1. The van der Waals surface area contributed by atoms with Gasteiger partial charge in [0.05, 0.1) is 11.8 Å². The molecule has 0 amide bonds. The van der Waals surface area contributed by atoms with Gasteiger partial charge in [0.25, 0.3) is 0 Å². The third kappa shape index (κ3) is 2.59. The minimum Gasteiger partial charge on any atom is -0.469 e. The van der Waals surface area contributed by atoms with Crippen LogP contribution in [0.4, 0.5) is 0 Å². The van der Waals surface area contributed by atoms with Gasteiger partial charge in [-0.2, -0.15) is 0 Å². The molecule has 0 aliphatic heterocycles. The SMILES string of the molecule is CCNCc1cnc(-c2ccoc2C)nc1CC. The van der Waals surface area contributed by atoms with E-state index in [4.69, 9.17) is 4.42 Å². The van der Waals surface area contributed by atoms with Gasteiger partial charge < -0.3 is 9.73 Å². The second-order valence-electron chi connectivity index (χ2n) is 4.19.